The molecule has 2 rings (SSSR count). The van der Waals surface area contributed by atoms with E-state index in [0.29, 0.717) is 0 Å². The van der Waals surface area contributed by atoms with Crippen molar-refractivity contribution in [2.75, 3.05) is 19.8 Å². The lowest BCUT2D eigenvalue weighted by molar-refractivity contribution is -0.133. The van der Waals surface area contributed by atoms with Crippen LogP contribution in [0.5, 0.6) is 5.75 Å². The summed E-state index contributed by atoms with van der Waals surface area (Å²) in [5.41, 5.74) is 4.31. The van der Waals surface area contributed by atoms with Gasteiger partial charge in [-0.1, -0.05) is 19.9 Å². The minimum atomic E-state index is 0.254. The molecule has 2 nitrogen and oxygen atoms in total. The van der Waals surface area contributed by atoms with Crippen LogP contribution in [0, 0.1) is 19.3 Å². The highest BCUT2D eigenvalue weighted by molar-refractivity contribution is 5.44. The summed E-state index contributed by atoms with van der Waals surface area (Å²) in [5.74, 6) is 1.06. The van der Waals surface area contributed by atoms with Gasteiger partial charge in [-0.25, -0.2) is 0 Å². The molecule has 18 heavy (non-hydrogen) atoms. The zero-order chi connectivity index (χ0) is 13.2. The second kappa shape index (κ2) is 5.31. The molecule has 0 unspecified atom stereocenters. The van der Waals surface area contributed by atoms with Crippen molar-refractivity contribution >= 4 is 0 Å². The van der Waals surface area contributed by atoms with Crippen LogP contribution in [0.15, 0.2) is 12.1 Å². The smallest absolute Gasteiger partial charge is 0.122 e. The molecule has 0 N–H and O–H groups in total. The summed E-state index contributed by atoms with van der Waals surface area (Å²) < 4.78 is 11.4. The third-order valence-corrected chi connectivity index (χ3v) is 4.28. The lowest BCUT2D eigenvalue weighted by atomic mass is 9.84. The fraction of sp³-hybridized carbons (Fsp3) is 0.625. The molecular formula is C16H24O2. The zero-order valence-corrected chi connectivity index (χ0v) is 12.0. The normalized spacial score (nSPS) is 17.3. The summed E-state index contributed by atoms with van der Waals surface area (Å²) in [5, 5.41) is 0. The molecule has 0 saturated carbocycles. The molecule has 0 bridgehead atoms. The maximum atomic E-state index is 6.08. The zero-order valence-electron chi connectivity index (χ0n) is 12.0. The van der Waals surface area contributed by atoms with Gasteiger partial charge >= 0.3 is 0 Å². The van der Waals surface area contributed by atoms with Crippen LogP contribution in [0.4, 0.5) is 0 Å². The molecule has 1 aromatic rings. The van der Waals surface area contributed by atoms with Crippen LogP contribution in [0.1, 0.15) is 37.0 Å². The Morgan fingerprint density at radius 1 is 1.22 bits per heavy atom. The lowest BCUT2D eigenvalue weighted by Gasteiger charge is -2.40. The lowest BCUT2D eigenvalue weighted by Crippen LogP contribution is -2.46. The van der Waals surface area contributed by atoms with Crippen molar-refractivity contribution in [3.8, 4) is 5.75 Å². The van der Waals surface area contributed by atoms with E-state index in [-0.39, 0.29) is 5.41 Å². The van der Waals surface area contributed by atoms with Crippen LogP contribution >= 0.6 is 0 Å². The first kappa shape index (κ1) is 13.4. The molecular weight excluding hydrogens is 224 g/mol. The minimum Gasteiger partial charge on any atom is -0.493 e. The number of benzene rings is 1. The first-order valence-electron chi connectivity index (χ1n) is 6.91. The molecule has 100 valence electrons. The van der Waals surface area contributed by atoms with Crippen molar-refractivity contribution in [3.63, 3.8) is 0 Å². The molecule has 1 aliphatic heterocycles. The largest absolute Gasteiger partial charge is 0.493 e. The Hall–Kier alpha value is -1.02. The summed E-state index contributed by atoms with van der Waals surface area (Å²) in [7, 11) is 0. The van der Waals surface area contributed by atoms with E-state index in [0.717, 1.165) is 38.4 Å². The van der Waals surface area contributed by atoms with Crippen LogP contribution in [0.3, 0.4) is 0 Å². The fourth-order valence-electron chi connectivity index (χ4n) is 2.43. The summed E-state index contributed by atoms with van der Waals surface area (Å²) in [4.78, 5) is 0. The SMILES string of the molecule is CCc1c(OCC2(CC)COC2)ccc(C)c1C. The molecule has 0 aliphatic carbocycles. The van der Waals surface area contributed by atoms with Crippen LogP contribution in [-0.2, 0) is 11.2 Å². The molecule has 1 aromatic carbocycles. The van der Waals surface area contributed by atoms with Gasteiger partial charge in [0.15, 0.2) is 0 Å². The van der Waals surface area contributed by atoms with Crippen LogP contribution in [0.25, 0.3) is 0 Å². The Morgan fingerprint density at radius 2 is 1.94 bits per heavy atom. The maximum absolute atomic E-state index is 6.08. The standard InChI is InChI=1S/C16H24O2/c1-5-14-13(4)12(3)7-8-15(14)18-11-16(6-2)9-17-10-16/h7-8H,5-6,9-11H2,1-4H3. The van der Waals surface area contributed by atoms with Gasteiger partial charge in [-0.3, -0.25) is 0 Å². The van der Waals surface area contributed by atoms with Crippen molar-refractivity contribution in [1.82, 2.24) is 0 Å². The molecule has 1 fully saturated rings. The maximum Gasteiger partial charge on any atom is 0.122 e. The van der Waals surface area contributed by atoms with Crippen molar-refractivity contribution < 1.29 is 9.47 Å². The van der Waals surface area contributed by atoms with E-state index in [1.807, 2.05) is 0 Å². The van der Waals surface area contributed by atoms with Gasteiger partial charge in [0, 0.05) is 0 Å². The van der Waals surface area contributed by atoms with Gasteiger partial charge in [0.25, 0.3) is 0 Å². The summed E-state index contributed by atoms with van der Waals surface area (Å²) in [6, 6.07) is 4.27. The third-order valence-electron chi connectivity index (χ3n) is 4.28. The van der Waals surface area contributed by atoms with Crippen molar-refractivity contribution in [3.05, 3.63) is 28.8 Å². The average Bonchev–Trinajstić information content (AvgIpc) is 2.33. The first-order valence-corrected chi connectivity index (χ1v) is 6.91. The van der Waals surface area contributed by atoms with Crippen LogP contribution < -0.4 is 4.74 Å². The molecule has 0 atom stereocenters. The second-order valence-corrected chi connectivity index (χ2v) is 5.47. The topological polar surface area (TPSA) is 18.5 Å². The van der Waals surface area contributed by atoms with Gasteiger partial charge in [0.1, 0.15) is 5.75 Å². The first-order chi connectivity index (χ1) is 8.62. The highest BCUT2D eigenvalue weighted by atomic mass is 16.5. The molecule has 1 heterocycles. The van der Waals surface area contributed by atoms with E-state index in [4.69, 9.17) is 9.47 Å². The molecule has 0 amide bonds. The van der Waals surface area contributed by atoms with Gasteiger partial charge in [0.2, 0.25) is 0 Å². The summed E-state index contributed by atoms with van der Waals surface area (Å²) in [6.07, 6.45) is 2.15. The van der Waals surface area contributed by atoms with Crippen LogP contribution in [-0.4, -0.2) is 19.8 Å². The minimum absolute atomic E-state index is 0.254. The number of rotatable bonds is 5. The summed E-state index contributed by atoms with van der Waals surface area (Å²) >= 11 is 0. The van der Waals surface area contributed by atoms with Gasteiger partial charge in [0.05, 0.1) is 25.2 Å². The quantitative estimate of drug-likeness (QED) is 0.791. The Labute approximate surface area is 110 Å². The fourth-order valence-corrected chi connectivity index (χ4v) is 2.43. The highest BCUT2D eigenvalue weighted by Crippen LogP contribution is 2.33. The van der Waals surface area contributed by atoms with E-state index in [1.165, 1.54) is 16.7 Å². The average molecular weight is 248 g/mol. The molecule has 0 radical (unpaired) electrons. The molecule has 2 heteroatoms. The van der Waals surface area contributed by atoms with Crippen LogP contribution in [0.2, 0.25) is 0 Å². The van der Waals surface area contributed by atoms with E-state index >= 15 is 0 Å². The highest BCUT2D eigenvalue weighted by Gasteiger charge is 2.37. The molecule has 1 aliphatic rings. The van der Waals surface area contributed by atoms with Gasteiger partial charge < -0.3 is 9.47 Å². The van der Waals surface area contributed by atoms with Gasteiger partial charge in [-0.05, 0) is 49.4 Å². The monoisotopic (exact) mass is 248 g/mol. The second-order valence-electron chi connectivity index (χ2n) is 5.47. The van der Waals surface area contributed by atoms with E-state index in [9.17, 15) is 0 Å². The van der Waals surface area contributed by atoms with Crippen molar-refractivity contribution in [2.45, 2.75) is 40.5 Å². The third kappa shape index (κ3) is 2.39. The molecule has 0 aromatic heterocycles. The molecule has 0 spiro atoms. The van der Waals surface area contributed by atoms with E-state index in [2.05, 4.69) is 39.8 Å². The van der Waals surface area contributed by atoms with Crippen molar-refractivity contribution in [2.24, 2.45) is 5.41 Å². The Bertz CT molecular complexity index is 414. The number of hydrogen-bond donors (Lipinski definition) is 0. The predicted molar refractivity (Wildman–Crippen MR) is 74.3 cm³/mol. The van der Waals surface area contributed by atoms with Crippen molar-refractivity contribution in [1.29, 1.82) is 0 Å². The van der Waals surface area contributed by atoms with Gasteiger partial charge in [-0.15, -0.1) is 0 Å². The Kier molecular flexibility index (Phi) is 3.96. The summed E-state index contributed by atoms with van der Waals surface area (Å²) in [6.45, 7) is 11.2. The van der Waals surface area contributed by atoms with E-state index < -0.39 is 0 Å². The Balaban J connectivity index is 2.12. The number of hydrogen-bond acceptors (Lipinski definition) is 2. The number of aryl methyl sites for hydroxylation is 1. The Morgan fingerprint density at radius 3 is 2.44 bits per heavy atom. The number of ether oxygens (including phenoxy) is 2. The van der Waals surface area contributed by atoms with Gasteiger partial charge in [-0.2, -0.15) is 0 Å². The van der Waals surface area contributed by atoms with E-state index in [1.54, 1.807) is 0 Å². The predicted octanol–water partition coefficient (Wildman–Crippen LogP) is 3.67. The molecule has 1 saturated heterocycles.